The van der Waals surface area contributed by atoms with Gasteiger partial charge in [-0.05, 0) is 37.6 Å². The summed E-state index contributed by atoms with van der Waals surface area (Å²) in [4.78, 5) is 4.16. The van der Waals surface area contributed by atoms with E-state index in [0.29, 0.717) is 11.6 Å². The van der Waals surface area contributed by atoms with Crippen molar-refractivity contribution in [2.45, 2.75) is 6.42 Å². The van der Waals surface area contributed by atoms with Crippen molar-refractivity contribution in [2.24, 2.45) is 5.92 Å². The van der Waals surface area contributed by atoms with Crippen LogP contribution in [0.15, 0.2) is 18.2 Å². The number of nitrogens with zero attached hydrogens (tertiary/aromatic N) is 2. The van der Waals surface area contributed by atoms with Crippen molar-refractivity contribution in [3.63, 3.8) is 0 Å². The van der Waals surface area contributed by atoms with Gasteiger partial charge in [0.25, 0.3) is 0 Å². The summed E-state index contributed by atoms with van der Waals surface area (Å²) in [5, 5.41) is 15.3. The zero-order valence-corrected chi connectivity index (χ0v) is 8.53. The van der Waals surface area contributed by atoms with E-state index >= 15 is 0 Å². The lowest BCUT2D eigenvalue weighted by molar-refractivity contribution is 0.614. The number of hydrogen-bond acceptors (Lipinski definition) is 4. The van der Waals surface area contributed by atoms with Gasteiger partial charge in [-0.2, -0.15) is 5.26 Å². The molecule has 78 valence electrons. The molecule has 0 amide bonds. The van der Waals surface area contributed by atoms with Crippen LogP contribution in [-0.2, 0) is 0 Å². The lowest BCUT2D eigenvalue weighted by Gasteiger charge is -2.10. The molecule has 2 N–H and O–H groups in total. The summed E-state index contributed by atoms with van der Waals surface area (Å²) in [6.45, 7) is 3.11. The lowest BCUT2D eigenvalue weighted by Crippen LogP contribution is -2.17. The molecule has 0 radical (unpaired) electrons. The Labute approximate surface area is 89.3 Å². The first kappa shape index (κ1) is 9.94. The number of nitrogens with one attached hydrogen (secondary N) is 2. The largest absolute Gasteiger partial charge is 0.370 e. The molecule has 1 aliphatic rings. The summed E-state index contributed by atoms with van der Waals surface area (Å²) >= 11 is 0. The molecule has 2 rings (SSSR count). The fraction of sp³-hybridized carbons (Fsp3) is 0.455. The summed E-state index contributed by atoms with van der Waals surface area (Å²) in [5.41, 5.74) is 0.463. The van der Waals surface area contributed by atoms with Crippen molar-refractivity contribution in [1.82, 2.24) is 10.3 Å². The zero-order valence-electron chi connectivity index (χ0n) is 8.53. The van der Waals surface area contributed by atoms with Crippen molar-refractivity contribution in [1.29, 1.82) is 5.26 Å². The third kappa shape index (κ3) is 2.67. The Kier molecular flexibility index (Phi) is 3.15. The fourth-order valence-corrected chi connectivity index (χ4v) is 1.73. The molecular weight excluding hydrogens is 188 g/mol. The number of aromatic nitrogens is 1. The van der Waals surface area contributed by atoms with Crippen LogP contribution in [0.3, 0.4) is 0 Å². The number of anilines is 1. The van der Waals surface area contributed by atoms with E-state index in [1.165, 1.54) is 6.42 Å². The predicted molar refractivity (Wildman–Crippen MR) is 58.4 cm³/mol. The van der Waals surface area contributed by atoms with Crippen LogP contribution in [-0.4, -0.2) is 24.6 Å². The van der Waals surface area contributed by atoms with E-state index in [1.54, 1.807) is 6.07 Å². The summed E-state index contributed by atoms with van der Waals surface area (Å²) in [6.07, 6.45) is 1.21. The summed E-state index contributed by atoms with van der Waals surface area (Å²) < 4.78 is 0. The summed E-state index contributed by atoms with van der Waals surface area (Å²) in [7, 11) is 0. The zero-order chi connectivity index (χ0) is 10.5. The van der Waals surface area contributed by atoms with E-state index in [0.717, 1.165) is 25.5 Å². The number of hydrogen-bond donors (Lipinski definition) is 2. The first-order valence-corrected chi connectivity index (χ1v) is 5.20. The molecule has 1 aromatic rings. The van der Waals surface area contributed by atoms with Gasteiger partial charge in [0, 0.05) is 6.54 Å². The Hall–Kier alpha value is -1.60. The Morgan fingerprint density at radius 1 is 1.60 bits per heavy atom. The van der Waals surface area contributed by atoms with E-state index in [-0.39, 0.29) is 0 Å². The maximum Gasteiger partial charge on any atom is 0.142 e. The van der Waals surface area contributed by atoms with Crippen LogP contribution in [0.2, 0.25) is 0 Å². The molecule has 1 atom stereocenters. The Bertz CT molecular complexity index is 363. The average Bonchev–Trinajstić information content (AvgIpc) is 2.79. The predicted octanol–water partition coefficient (Wildman–Crippen LogP) is 0.975. The van der Waals surface area contributed by atoms with Crippen molar-refractivity contribution in [3.05, 3.63) is 23.9 Å². The normalized spacial score (nSPS) is 19.8. The van der Waals surface area contributed by atoms with E-state index in [1.807, 2.05) is 18.2 Å². The highest BCUT2D eigenvalue weighted by atomic mass is 15.0. The van der Waals surface area contributed by atoms with Crippen LogP contribution in [0.5, 0.6) is 0 Å². The topological polar surface area (TPSA) is 60.7 Å². The van der Waals surface area contributed by atoms with E-state index in [2.05, 4.69) is 15.6 Å². The van der Waals surface area contributed by atoms with Crippen molar-refractivity contribution < 1.29 is 0 Å². The molecule has 0 bridgehead atoms. The molecule has 2 heterocycles. The molecule has 1 unspecified atom stereocenters. The molecule has 0 spiro atoms. The highest BCUT2D eigenvalue weighted by Crippen LogP contribution is 2.09. The van der Waals surface area contributed by atoms with Gasteiger partial charge in [-0.1, -0.05) is 6.07 Å². The van der Waals surface area contributed by atoms with Crippen LogP contribution in [0.25, 0.3) is 0 Å². The van der Waals surface area contributed by atoms with E-state index < -0.39 is 0 Å². The molecule has 1 fully saturated rings. The first-order chi connectivity index (χ1) is 7.38. The Morgan fingerprint density at radius 3 is 3.27 bits per heavy atom. The molecule has 0 aromatic carbocycles. The van der Waals surface area contributed by atoms with Crippen molar-refractivity contribution in [2.75, 3.05) is 25.0 Å². The molecule has 4 heteroatoms. The van der Waals surface area contributed by atoms with Crippen molar-refractivity contribution >= 4 is 5.82 Å². The molecule has 1 aliphatic heterocycles. The van der Waals surface area contributed by atoms with E-state index in [9.17, 15) is 0 Å². The van der Waals surface area contributed by atoms with Gasteiger partial charge in [0.1, 0.15) is 17.6 Å². The van der Waals surface area contributed by atoms with Gasteiger partial charge in [-0.3, -0.25) is 0 Å². The molecule has 15 heavy (non-hydrogen) atoms. The standard InChI is InChI=1S/C11H14N4/c12-6-10-2-1-3-11(15-10)14-8-9-4-5-13-7-9/h1-3,9,13H,4-5,7-8H2,(H,14,15). The lowest BCUT2D eigenvalue weighted by atomic mass is 10.1. The van der Waals surface area contributed by atoms with Crippen LogP contribution in [0.4, 0.5) is 5.82 Å². The van der Waals surface area contributed by atoms with Gasteiger partial charge in [0.05, 0.1) is 0 Å². The van der Waals surface area contributed by atoms with Crippen molar-refractivity contribution in [3.8, 4) is 6.07 Å². The highest BCUT2D eigenvalue weighted by Gasteiger charge is 2.13. The minimum atomic E-state index is 0.463. The maximum absolute atomic E-state index is 8.69. The second-order valence-corrected chi connectivity index (χ2v) is 3.76. The third-order valence-corrected chi connectivity index (χ3v) is 2.60. The second-order valence-electron chi connectivity index (χ2n) is 3.76. The Balaban J connectivity index is 1.90. The first-order valence-electron chi connectivity index (χ1n) is 5.20. The van der Waals surface area contributed by atoms with Gasteiger partial charge in [-0.25, -0.2) is 4.98 Å². The van der Waals surface area contributed by atoms with Gasteiger partial charge in [0.2, 0.25) is 0 Å². The highest BCUT2D eigenvalue weighted by molar-refractivity contribution is 5.38. The van der Waals surface area contributed by atoms with E-state index in [4.69, 9.17) is 5.26 Å². The van der Waals surface area contributed by atoms with Gasteiger partial charge >= 0.3 is 0 Å². The molecule has 0 aliphatic carbocycles. The molecule has 4 nitrogen and oxygen atoms in total. The smallest absolute Gasteiger partial charge is 0.142 e. The third-order valence-electron chi connectivity index (χ3n) is 2.60. The average molecular weight is 202 g/mol. The second kappa shape index (κ2) is 4.76. The summed E-state index contributed by atoms with van der Waals surface area (Å²) in [6, 6.07) is 7.48. The minimum Gasteiger partial charge on any atom is -0.370 e. The number of nitriles is 1. The molecule has 0 saturated carbocycles. The number of rotatable bonds is 3. The molecule has 1 aromatic heterocycles. The number of pyridine rings is 1. The monoisotopic (exact) mass is 202 g/mol. The fourth-order valence-electron chi connectivity index (χ4n) is 1.73. The molecule has 1 saturated heterocycles. The van der Waals surface area contributed by atoms with Gasteiger partial charge in [0.15, 0.2) is 0 Å². The van der Waals surface area contributed by atoms with Gasteiger partial charge in [-0.15, -0.1) is 0 Å². The minimum absolute atomic E-state index is 0.463. The van der Waals surface area contributed by atoms with Crippen LogP contribution in [0.1, 0.15) is 12.1 Å². The SMILES string of the molecule is N#Cc1cccc(NCC2CCNC2)n1. The summed E-state index contributed by atoms with van der Waals surface area (Å²) in [5.74, 6) is 1.47. The van der Waals surface area contributed by atoms with Crippen LogP contribution >= 0.6 is 0 Å². The molecular formula is C11H14N4. The Morgan fingerprint density at radius 2 is 2.53 bits per heavy atom. The van der Waals surface area contributed by atoms with Gasteiger partial charge < -0.3 is 10.6 Å². The quantitative estimate of drug-likeness (QED) is 0.767. The van der Waals surface area contributed by atoms with Crippen LogP contribution in [0, 0.1) is 17.2 Å². The van der Waals surface area contributed by atoms with Crippen LogP contribution < -0.4 is 10.6 Å². The maximum atomic E-state index is 8.69.